The Bertz CT molecular complexity index is 148. The van der Waals surface area contributed by atoms with Crippen molar-refractivity contribution in [2.24, 2.45) is 0 Å². The summed E-state index contributed by atoms with van der Waals surface area (Å²) in [5, 5.41) is 3.07. The maximum Gasteiger partial charge on any atom is 0.223 e. The van der Waals surface area contributed by atoms with E-state index in [0.29, 0.717) is 6.42 Å². The second-order valence-corrected chi connectivity index (χ2v) is 3.44. The van der Waals surface area contributed by atoms with Crippen molar-refractivity contribution in [2.75, 3.05) is 47.8 Å². The fraction of sp³-hybridized carbons (Fsp3) is 0.889. The molecule has 4 nitrogen and oxygen atoms in total. The summed E-state index contributed by atoms with van der Waals surface area (Å²) in [6.45, 7) is 2.78. The molecule has 1 amide bonds. The van der Waals surface area contributed by atoms with Crippen LogP contribution in [-0.2, 0) is 4.79 Å². The summed E-state index contributed by atoms with van der Waals surface area (Å²) in [6.07, 6.45) is 0.604. The molecule has 0 unspecified atom stereocenters. The standard InChI is InChI=1S/C9H21N3O/c1-10-6-8-12(4)7-5-9(13)11(2)3/h10H,5-8H2,1-4H3. The Morgan fingerprint density at radius 2 is 1.85 bits per heavy atom. The van der Waals surface area contributed by atoms with Crippen LogP contribution in [0.15, 0.2) is 0 Å². The van der Waals surface area contributed by atoms with E-state index in [1.165, 1.54) is 0 Å². The molecule has 0 heterocycles. The molecule has 0 aliphatic carbocycles. The van der Waals surface area contributed by atoms with Crippen LogP contribution in [0.25, 0.3) is 0 Å². The van der Waals surface area contributed by atoms with Crippen LogP contribution >= 0.6 is 0 Å². The first-order chi connectivity index (χ1) is 6.07. The average Bonchev–Trinajstić information content (AvgIpc) is 2.10. The Morgan fingerprint density at radius 3 is 2.31 bits per heavy atom. The Morgan fingerprint density at radius 1 is 1.23 bits per heavy atom. The van der Waals surface area contributed by atoms with Crippen molar-refractivity contribution in [3.05, 3.63) is 0 Å². The van der Waals surface area contributed by atoms with Gasteiger partial charge in [-0.1, -0.05) is 0 Å². The van der Waals surface area contributed by atoms with Crippen molar-refractivity contribution >= 4 is 5.91 Å². The SMILES string of the molecule is CNCCN(C)CCC(=O)N(C)C. The van der Waals surface area contributed by atoms with E-state index >= 15 is 0 Å². The van der Waals surface area contributed by atoms with Crippen molar-refractivity contribution in [3.8, 4) is 0 Å². The number of rotatable bonds is 6. The third-order valence-electron chi connectivity index (χ3n) is 1.95. The molecule has 0 atom stereocenters. The van der Waals surface area contributed by atoms with Gasteiger partial charge in [-0.3, -0.25) is 4.79 Å². The first kappa shape index (κ1) is 12.4. The lowest BCUT2D eigenvalue weighted by Gasteiger charge is -2.17. The van der Waals surface area contributed by atoms with Gasteiger partial charge in [0.15, 0.2) is 0 Å². The third kappa shape index (κ3) is 6.54. The summed E-state index contributed by atoms with van der Waals surface area (Å²) in [7, 11) is 7.53. The van der Waals surface area contributed by atoms with Crippen molar-refractivity contribution < 1.29 is 4.79 Å². The van der Waals surface area contributed by atoms with Gasteiger partial charge in [0.2, 0.25) is 5.91 Å². The highest BCUT2D eigenvalue weighted by atomic mass is 16.2. The van der Waals surface area contributed by atoms with E-state index in [0.717, 1.165) is 19.6 Å². The van der Waals surface area contributed by atoms with Crippen molar-refractivity contribution in [1.29, 1.82) is 0 Å². The number of hydrogen-bond donors (Lipinski definition) is 1. The van der Waals surface area contributed by atoms with E-state index in [-0.39, 0.29) is 5.91 Å². The Hall–Kier alpha value is -0.610. The fourth-order valence-electron chi connectivity index (χ4n) is 0.925. The molecule has 0 spiro atoms. The number of nitrogens with zero attached hydrogens (tertiary/aromatic N) is 2. The van der Waals surface area contributed by atoms with Crippen LogP contribution in [0.2, 0.25) is 0 Å². The van der Waals surface area contributed by atoms with Gasteiger partial charge in [-0.25, -0.2) is 0 Å². The van der Waals surface area contributed by atoms with E-state index in [1.54, 1.807) is 19.0 Å². The molecule has 0 aromatic heterocycles. The van der Waals surface area contributed by atoms with Crippen LogP contribution in [0.1, 0.15) is 6.42 Å². The van der Waals surface area contributed by atoms with E-state index in [2.05, 4.69) is 10.2 Å². The van der Waals surface area contributed by atoms with Crippen molar-refractivity contribution in [3.63, 3.8) is 0 Å². The molecule has 0 aromatic rings. The van der Waals surface area contributed by atoms with Crippen LogP contribution < -0.4 is 5.32 Å². The van der Waals surface area contributed by atoms with Crippen LogP contribution in [0.4, 0.5) is 0 Å². The number of amides is 1. The van der Waals surface area contributed by atoms with E-state index in [9.17, 15) is 4.79 Å². The van der Waals surface area contributed by atoms with Gasteiger partial charge in [0, 0.05) is 40.2 Å². The second kappa shape index (κ2) is 6.86. The summed E-state index contributed by atoms with van der Waals surface area (Å²) in [4.78, 5) is 15.0. The number of carbonyl (C=O) groups excluding carboxylic acids is 1. The number of hydrogen-bond acceptors (Lipinski definition) is 3. The highest BCUT2D eigenvalue weighted by Crippen LogP contribution is 1.90. The zero-order chi connectivity index (χ0) is 10.3. The molecular weight excluding hydrogens is 166 g/mol. The minimum Gasteiger partial charge on any atom is -0.349 e. The number of carbonyl (C=O) groups is 1. The Balaban J connectivity index is 3.46. The summed E-state index contributed by atoms with van der Waals surface area (Å²) < 4.78 is 0. The molecule has 4 heteroatoms. The van der Waals surface area contributed by atoms with Gasteiger partial charge in [-0.15, -0.1) is 0 Å². The molecule has 78 valence electrons. The van der Waals surface area contributed by atoms with Gasteiger partial charge in [0.1, 0.15) is 0 Å². The van der Waals surface area contributed by atoms with Crippen molar-refractivity contribution in [1.82, 2.24) is 15.1 Å². The molecule has 13 heavy (non-hydrogen) atoms. The lowest BCUT2D eigenvalue weighted by molar-refractivity contribution is -0.128. The highest BCUT2D eigenvalue weighted by molar-refractivity contribution is 5.75. The first-order valence-electron chi connectivity index (χ1n) is 4.61. The van der Waals surface area contributed by atoms with Crippen LogP contribution in [0.3, 0.4) is 0 Å². The Kier molecular flexibility index (Phi) is 6.54. The summed E-state index contributed by atoms with van der Waals surface area (Å²) in [6, 6.07) is 0. The molecule has 0 aliphatic heterocycles. The minimum absolute atomic E-state index is 0.191. The lowest BCUT2D eigenvalue weighted by Crippen LogP contribution is -2.31. The molecular formula is C9H21N3O. The number of nitrogens with one attached hydrogen (secondary N) is 1. The molecule has 0 rings (SSSR count). The van der Waals surface area contributed by atoms with Gasteiger partial charge in [-0.2, -0.15) is 0 Å². The summed E-state index contributed by atoms with van der Waals surface area (Å²) in [5.74, 6) is 0.191. The quantitative estimate of drug-likeness (QED) is 0.615. The van der Waals surface area contributed by atoms with Gasteiger partial charge in [-0.05, 0) is 14.1 Å². The number of likely N-dealkylation sites (N-methyl/N-ethyl adjacent to an activating group) is 2. The molecule has 0 radical (unpaired) electrons. The Labute approximate surface area is 80.9 Å². The largest absolute Gasteiger partial charge is 0.349 e. The third-order valence-corrected chi connectivity index (χ3v) is 1.95. The van der Waals surface area contributed by atoms with Crippen molar-refractivity contribution in [2.45, 2.75) is 6.42 Å². The molecule has 0 fully saturated rings. The average molecular weight is 187 g/mol. The lowest BCUT2D eigenvalue weighted by atomic mass is 10.3. The molecule has 1 N–H and O–H groups in total. The van der Waals surface area contributed by atoms with Gasteiger partial charge in [0.05, 0.1) is 0 Å². The van der Waals surface area contributed by atoms with Crippen LogP contribution in [0, 0.1) is 0 Å². The minimum atomic E-state index is 0.191. The predicted molar refractivity (Wildman–Crippen MR) is 54.7 cm³/mol. The summed E-state index contributed by atoms with van der Waals surface area (Å²) >= 11 is 0. The maximum absolute atomic E-state index is 11.2. The second-order valence-electron chi connectivity index (χ2n) is 3.44. The smallest absolute Gasteiger partial charge is 0.223 e. The zero-order valence-electron chi connectivity index (χ0n) is 9.13. The molecule has 0 saturated carbocycles. The monoisotopic (exact) mass is 187 g/mol. The zero-order valence-corrected chi connectivity index (χ0v) is 9.13. The predicted octanol–water partition coefficient (Wildman–Crippen LogP) is -0.384. The van der Waals surface area contributed by atoms with E-state index in [4.69, 9.17) is 0 Å². The summed E-state index contributed by atoms with van der Waals surface area (Å²) in [5.41, 5.74) is 0. The van der Waals surface area contributed by atoms with Crippen LogP contribution in [-0.4, -0.2) is 63.5 Å². The van der Waals surface area contributed by atoms with Gasteiger partial charge in [0.25, 0.3) is 0 Å². The van der Waals surface area contributed by atoms with Crippen LogP contribution in [0.5, 0.6) is 0 Å². The molecule has 0 bridgehead atoms. The highest BCUT2D eigenvalue weighted by Gasteiger charge is 2.05. The molecule has 0 aromatic carbocycles. The molecule has 0 saturated heterocycles. The maximum atomic E-state index is 11.2. The topological polar surface area (TPSA) is 35.6 Å². The molecule has 0 aliphatic rings. The fourth-order valence-corrected chi connectivity index (χ4v) is 0.925. The van der Waals surface area contributed by atoms with Gasteiger partial charge < -0.3 is 15.1 Å². The van der Waals surface area contributed by atoms with Gasteiger partial charge >= 0.3 is 0 Å². The van der Waals surface area contributed by atoms with E-state index < -0.39 is 0 Å². The normalized spacial score (nSPS) is 10.5. The first-order valence-corrected chi connectivity index (χ1v) is 4.61. The van der Waals surface area contributed by atoms with E-state index in [1.807, 2.05) is 14.1 Å².